The van der Waals surface area contributed by atoms with Gasteiger partial charge in [0.15, 0.2) is 0 Å². The van der Waals surface area contributed by atoms with Crippen LogP contribution in [-0.4, -0.2) is 55.6 Å². The van der Waals surface area contributed by atoms with Crippen LogP contribution in [-0.2, 0) is 4.74 Å². The summed E-state index contributed by atoms with van der Waals surface area (Å²) in [5.74, 6) is 1.34. The number of hydrogen-bond acceptors (Lipinski definition) is 4. The van der Waals surface area contributed by atoms with Crippen molar-refractivity contribution in [3.05, 3.63) is 29.8 Å². The molecule has 1 fully saturated rings. The fourth-order valence-corrected chi connectivity index (χ4v) is 2.28. The molecule has 20 heavy (non-hydrogen) atoms. The summed E-state index contributed by atoms with van der Waals surface area (Å²) in [6, 6.07) is 8.09. The molecule has 0 amide bonds. The number of hydrogen-bond donors (Lipinski definition) is 1. The van der Waals surface area contributed by atoms with E-state index in [0.29, 0.717) is 19.1 Å². The predicted molar refractivity (Wildman–Crippen MR) is 79.3 cm³/mol. The number of morpholine rings is 1. The molecule has 1 aliphatic rings. The van der Waals surface area contributed by atoms with E-state index in [2.05, 4.69) is 30.9 Å². The summed E-state index contributed by atoms with van der Waals surface area (Å²) in [5.41, 5.74) is 1.30. The lowest BCUT2D eigenvalue weighted by Gasteiger charge is -2.28. The molecule has 1 atom stereocenters. The van der Waals surface area contributed by atoms with E-state index in [4.69, 9.17) is 9.47 Å². The Balaban J connectivity index is 1.73. The highest BCUT2D eigenvalue weighted by Gasteiger charge is 2.15. The number of rotatable bonds is 6. The van der Waals surface area contributed by atoms with E-state index >= 15 is 0 Å². The Morgan fingerprint density at radius 2 is 1.85 bits per heavy atom. The fraction of sp³-hybridized carbons (Fsp3) is 0.625. The number of β-amino-alcohol motifs (C(OH)–C–C–N with tert-alkyl or cyclic N) is 1. The SMILES string of the molecule is CC(C)c1ccc(OC[C@@H](O)CN2CCOCC2)cc1. The minimum Gasteiger partial charge on any atom is -0.491 e. The van der Waals surface area contributed by atoms with Crippen LogP contribution in [0.1, 0.15) is 25.3 Å². The summed E-state index contributed by atoms with van der Waals surface area (Å²) < 4.78 is 10.9. The predicted octanol–water partition coefficient (Wildman–Crippen LogP) is 1.88. The first-order valence-electron chi connectivity index (χ1n) is 7.36. The molecule has 0 radical (unpaired) electrons. The number of aliphatic hydroxyl groups excluding tert-OH is 1. The first-order chi connectivity index (χ1) is 9.65. The van der Waals surface area contributed by atoms with Gasteiger partial charge in [-0.25, -0.2) is 0 Å². The van der Waals surface area contributed by atoms with Crippen molar-refractivity contribution in [1.82, 2.24) is 4.90 Å². The molecular formula is C16H25NO3. The molecule has 1 aliphatic heterocycles. The molecule has 1 aromatic rings. The van der Waals surface area contributed by atoms with E-state index < -0.39 is 6.10 Å². The summed E-state index contributed by atoms with van der Waals surface area (Å²) >= 11 is 0. The second-order valence-electron chi connectivity index (χ2n) is 5.60. The highest BCUT2D eigenvalue weighted by Crippen LogP contribution is 2.18. The maximum absolute atomic E-state index is 10.00. The van der Waals surface area contributed by atoms with E-state index in [1.807, 2.05) is 12.1 Å². The minimum absolute atomic E-state index is 0.332. The third-order valence-corrected chi connectivity index (χ3v) is 3.56. The van der Waals surface area contributed by atoms with Gasteiger partial charge in [0, 0.05) is 19.6 Å². The molecule has 1 heterocycles. The van der Waals surface area contributed by atoms with E-state index in [9.17, 15) is 5.11 Å². The van der Waals surface area contributed by atoms with Crippen LogP contribution in [0.3, 0.4) is 0 Å². The maximum atomic E-state index is 10.00. The van der Waals surface area contributed by atoms with Crippen molar-refractivity contribution >= 4 is 0 Å². The van der Waals surface area contributed by atoms with E-state index in [1.54, 1.807) is 0 Å². The Bertz CT molecular complexity index is 385. The van der Waals surface area contributed by atoms with Gasteiger partial charge in [-0.1, -0.05) is 26.0 Å². The second kappa shape index (κ2) is 7.62. The molecule has 4 heteroatoms. The Hall–Kier alpha value is -1.10. The lowest BCUT2D eigenvalue weighted by molar-refractivity contribution is 0.00465. The van der Waals surface area contributed by atoms with Gasteiger partial charge >= 0.3 is 0 Å². The van der Waals surface area contributed by atoms with E-state index in [-0.39, 0.29) is 0 Å². The second-order valence-corrected chi connectivity index (χ2v) is 5.60. The Morgan fingerprint density at radius 3 is 2.45 bits per heavy atom. The molecule has 4 nitrogen and oxygen atoms in total. The molecule has 0 unspecified atom stereocenters. The van der Waals surface area contributed by atoms with Crippen LogP contribution >= 0.6 is 0 Å². The van der Waals surface area contributed by atoms with Gasteiger partial charge in [0.1, 0.15) is 18.5 Å². The van der Waals surface area contributed by atoms with Crippen molar-refractivity contribution < 1.29 is 14.6 Å². The Kier molecular flexibility index (Phi) is 5.83. The van der Waals surface area contributed by atoms with E-state index in [0.717, 1.165) is 32.1 Å². The molecule has 0 spiro atoms. The highest BCUT2D eigenvalue weighted by molar-refractivity contribution is 5.28. The summed E-state index contributed by atoms with van der Waals surface area (Å²) in [4.78, 5) is 2.21. The van der Waals surface area contributed by atoms with Gasteiger partial charge in [0.05, 0.1) is 13.2 Å². The third kappa shape index (κ3) is 4.78. The molecule has 0 saturated carbocycles. The Labute approximate surface area is 121 Å². The molecule has 1 N–H and O–H groups in total. The van der Waals surface area contributed by atoms with Gasteiger partial charge in [0.25, 0.3) is 0 Å². The Morgan fingerprint density at radius 1 is 1.20 bits per heavy atom. The summed E-state index contributed by atoms with van der Waals surface area (Å²) in [6.45, 7) is 8.60. The van der Waals surface area contributed by atoms with Crippen LogP contribution in [0, 0.1) is 0 Å². The van der Waals surface area contributed by atoms with Crippen LogP contribution < -0.4 is 4.74 Å². The van der Waals surface area contributed by atoms with Gasteiger partial charge in [-0.3, -0.25) is 4.90 Å². The largest absolute Gasteiger partial charge is 0.491 e. The van der Waals surface area contributed by atoms with Gasteiger partial charge in [0.2, 0.25) is 0 Å². The standard InChI is InChI=1S/C16H25NO3/c1-13(2)14-3-5-16(6-4-14)20-12-15(18)11-17-7-9-19-10-8-17/h3-6,13,15,18H,7-12H2,1-2H3/t15-/m0/s1. The molecule has 1 aromatic carbocycles. The molecule has 0 bridgehead atoms. The molecule has 2 rings (SSSR count). The lowest BCUT2D eigenvalue weighted by atomic mass is 10.0. The molecule has 1 saturated heterocycles. The smallest absolute Gasteiger partial charge is 0.119 e. The summed E-state index contributed by atoms with van der Waals surface area (Å²) in [7, 11) is 0. The zero-order chi connectivity index (χ0) is 14.4. The third-order valence-electron chi connectivity index (χ3n) is 3.56. The van der Waals surface area contributed by atoms with Crippen molar-refractivity contribution in [2.75, 3.05) is 39.5 Å². The maximum Gasteiger partial charge on any atom is 0.119 e. The number of nitrogens with zero attached hydrogens (tertiary/aromatic N) is 1. The molecule has 0 aromatic heterocycles. The normalized spacial score (nSPS) is 18.2. The molecule has 0 aliphatic carbocycles. The number of aliphatic hydroxyl groups is 1. The molecule has 112 valence electrons. The molecular weight excluding hydrogens is 254 g/mol. The van der Waals surface area contributed by atoms with Gasteiger partial charge in [-0.05, 0) is 23.6 Å². The van der Waals surface area contributed by atoms with Gasteiger partial charge in [-0.15, -0.1) is 0 Å². The van der Waals surface area contributed by atoms with Gasteiger partial charge < -0.3 is 14.6 Å². The average Bonchev–Trinajstić information content (AvgIpc) is 2.46. The average molecular weight is 279 g/mol. The summed E-state index contributed by atoms with van der Waals surface area (Å²) in [6.07, 6.45) is -0.460. The zero-order valence-corrected chi connectivity index (χ0v) is 12.4. The van der Waals surface area contributed by atoms with Crippen molar-refractivity contribution in [3.8, 4) is 5.75 Å². The lowest BCUT2D eigenvalue weighted by Crippen LogP contribution is -2.42. The van der Waals surface area contributed by atoms with Gasteiger partial charge in [-0.2, -0.15) is 0 Å². The highest BCUT2D eigenvalue weighted by atomic mass is 16.5. The van der Waals surface area contributed by atoms with Crippen LogP contribution in [0.4, 0.5) is 0 Å². The number of ether oxygens (including phenoxy) is 2. The first-order valence-corrected chi connectivity index (χ1v) is 7.36. The van der Waals surface area contributed by atoms with Crippen LogP contribution in [0.25, 0.3) is 0 Å². The van der Waals surface area contributed by atoms with E-state index in [1.165, 1.54) is 5.56 Å². The van der Waals surface area contributed by atoms with Crippen LogP contribution in [0.2, 0.25) is 0 Å². The summed E-state index contributed by atoms with van der Waals surface area (Å²) in [5, 5.41) is 10.00. The minimum atomic E-state index is -0.460. The van der Waals surface area contributed by atoms with Crippen molar-refractivity contribution in [2.45, 2.75) is 25.9 Å². The number of benzene rings is 1. The zero-order valence-electron chi connectivity index (χ0n) is 12.4. The monoisotopic (exact) mass is 279 g/mol. The van der Waals surface area contributed by atoms with Crippen LogP contribution in [0.15, 0.2) is 24.3 Å². The van der Waals surface area contributed by atoms with Crippen LogP contribution in [0.5, 0.6) is 5.75 Å². The topological polar surface area (TPSA) is 41.9 Å². The van der Waals surface area contributed by atoms with Crippen molar-refractivity contribution in [1.29, 1.82) is 0 Å². The van der Waals surface area contributed by atoms with Crippen molar-refractivity contribution in [3.63, 3.8) is 0 Å². The first kappa shape index (κ1) is 15.3. The van der Waals surface area contributed by atoms with Crippen molar-refractivity contribution in [2.24, 2.45) is 0 Å². The fourth-order valence-electron chi connectivity index (χ4n) is 2.28. The quantitative estimate of drug-likeness (QED) is 0.863.